The molecule has 0 spiro atoms. The first-order chi connectivity index (χ1) is 10.1. The van der Waals surface area contributed by atoms with Gasteiger partial charge in [-0.15, -0.1) is 0 Å². The van der Waals surface area contributed by atoms with E-state index < -0.39 is 10.7 Å². The standard InChI is InChI=1S/C14H9ClN2O4/c15-10-5-6-12-13(7-10)21-14(18)16(12)8-9-3-1-2-4-11(9)17(19)20/h1-7H,8H2. The minimum absolute atomic E-state index is 0.0345. The zero-order chi connectivity index (χ0) is 15.0. The molecule has 0 aliphatic rings. The van der Waals surface area contributed by atoms with Gasteiger partial charge in [-0.3, -0.25) is 14.7 Å². The number of aromatic nitrogens is 1. The molecule has 3 rings (SSSR count). The molecular weight excluding hydrogens is 296 g/mol. The number of fused-ring (bicyclic) bond motifs is 1. The highest BCUT2D eigenvalue weighted by molar-refractivity contribution is 6.31. The third-order valence-electron chi connectivity index (χ3n) is 3.15. The van der Waals surface area contributed by atoms with Crippen LogP contribution in [-0.4, -0.2) is 9.49 Å². The predicted molar refractivity (Wildman–Crippen MR) is 77.7 cm³/mol. The van der Waals surface area contributed by atoms with E-state index in [-0.39, 0.29) is 12.2 Å². The summed E-state index contributed by atoms with van der Waals surface area (Å²) in [5.74, 6) is -0.578. The van der Waals surface area contributed by atoms with Gasteiger partial charge in [0, 0.05) is 22.7 Å². The molecule has 0 bridgehead atoms. The first-order valence-electron chi connectivity index (χ1n) is 6.07. The molecule has 1 aromatic heterocycles. The Hall–Kier alpha value is -2.60. The summed E-state index contributed by atoms with van der Waals surface area (Å²) in [4.78, 5) is 22.5. The number of hydrogen-bond acceptors (Lipinski definition) is 4. The minimum Gasteiger partial charge on any atom is -0.408 e. The monoisotopic (exact) mass is 304 g/mol. The molecule has 0 unspecified atom stereocenters. The lowest BCUT2D eigenvalue weighted by Crippen LogP contribution is -2.15. The fraction of sp³-hybridized carbons (Fsp3) is 0.0714. The van der Waals surface area contributed by atoms with E-state index in [2.05, 4.69) is 0 Å². The third-order valence-corrected chi connectivity index (χ3v) is 3.38. The maximum Gasteiger partial charge on any atom is 0.420 e. The van der Waals surface area contributed by atoms with Gasteiger partial charge in [-0.25, -0.2) is 4.79 Å². The van der Waals surface area contributed by atoms with Crippen molar-refractivity contribution in [2.45, 2.75) is 6.54 Å². The number of para-hydroxylation sites is 1. The lowest BCUT2D eigenvalue weighted by Gasteiger charge is -2.03. The summed E-state index contributed by atoms with van der Waals surface area (Å²) in [5, 5.41) is 11.5. The van der Waals surface area contributed by atoms with E-state index in [1.807, 2.05) is 0 Å². The van der Waals surface area contributed by atoms with Crippen LogP contribution < -0.4 is 5.76 Å². The molecule has 0 saturated carbocycles. The Morgan fingerprint density at radius 3 is 2.76 bits per heavy atom. The van der Waals surface area contributed by atoms with Crippen LogP contribution >= 0.6 is 11.6 Å². The van der Waals surface area contributed by atoms with E-state index in [1.165, 1.54) is 16.7 Å². The van der Waals surface area contributed by atoms with Gasteiger partial charge in [0.2, 0.25) is 0 Å². The summed E-state index contributed by atoms with van der Waals surface area (Å²) >= 11 is 5.85. The number of nitro groups is 1. The maximum absolute atomic E-state index is 11.9. The first-order valence-corrected chi connectivity index (χ1v) is 6.45. The molecule has 0 fully saturated rings. The smallest absolute Gasteiger partial charge is 0.408 e. The molecule has 1 heterocycles. The molecule has 106 valence electrons. The summed E-state index contributed by atoms with van der Waals surface area (Å²) in [6.07, 6.45) is 0. The van der Waals surface area contributed by atoms with E-state index in [4.69, 9.17) is 16.0 Å². The topological polar surface area (TPSA) is 78.3 Å². The van der Waals surface area contributed by atoms with Crippen LogP contribution in [0.5, 0.6) is 0 Å². The molecule has 0 N–H and O–H groups in total. The molecule has 0 aliphatic heterocycles. The highest BCUT2D eigenvalue weighted by Crippen LogP contribution is 2.22. The van der Waals surface area contributed by atoms with E-state index in [1.54, 1.807) is 30.3 Å². The Kier molecular flexibility index (Phi) is 3.23. The van der Waals surface area contributed by atoms with Crippen molar-refractivity contribution >= 4 is 28.4 Å². The van der Waals surface area contributed by atoms with Crippen molar-refractivity contribution in [3.63, 3.8) is 0 Å². The fourth-order valence-electron chi connectivity index (χ4n) is 2.18. The van der Waals surface area contributed by atoms with Crippen LogP contribution in [0.15, 0.2) is 51.7 Å². The van der Waals surface area contributed by atoms with Crippen molar-refractivity contribution in [1.82, 2.24) is 4.57 Å². The number of hydrogen-bond donors (Lipinski definition) is 0. The van der Waals surface area contributed by atoms with Crippen LogP contribution in [0.3, 0.4) is 0 Å². The average molecular weight is 305 g/mol. The van der Waals surface area contributed by atoms with Crippen molar-refractivity contribution in [2.75, 3.05) is 0 Å². The molecule has 0 amide bonds. The van der Waals surface area contributed by atoms with E-state index >= 15 is 0 Å². The van der Waals surface area contributed by atoms with Gasteiger partial charge >= 0.3 is 5.76 Å². The minimum atomic E-state index is -0.578. The molecular formula is C14H9ClN2O4. The summed E-state index contributed by atoms with van der Waals surface area (Å²) in [6.45, 7) is 0.0601. The highest BCUT2D eigenvalue weighted by Gasteiger charge is 2.16. The van der Waals surface area contributed by atoms with Crippen LogP contribution in [0.4, 0.5) is 5.69 Å². The molecule has 0 atom stereocenters. The summed E-state index contributed by atoms with van der Waals surface area (Å²) < 4.78 is 6.45. The molecule has 0 radical (unpaired) electrons. The van der Waals surface area contributed by atoms with Gasteiger partial charge < -0.3 is 4.42 Å². The van der Waals surface area contributed by atoms with Crippen molar-refractivity contribution in [2.24, 2.45) is 0 Å². The second-order valence-electron chi connectivity index (χ2n) is 4.45. The van der Waals surface area contributed by atoms with Crippen LogP contribution in [0, 0.1) is 10.1 Å². The van der Waals surface area contributed by atoms with Crippen molar-refractivity contribution in [3.05, 3.63) is 73.7 Å². The lowest BCUT2D eigenvalue weighted by molar-refractivity contribution is -0.385. The number of oxazole rings is 1. The molecule has 21 heavy (non-hydrogen) atoms. The predicted octanol–water partition coefficient (Wildman–Crippen LogP) is 3.20. The van der Waals surface area contributed by atoms with E-state index in [0.29, 0.717) is 21.7 Å². The lowest BCUT2D eigenvalue weighted by atomic mass is 10.2. The van der Waals surface area contributed by atoms with Gasteiger partial charge in [-0.05, 0) is 12.1 Å². The molecule has 0 saturated heterocycles. The maximum atomic E-state index is 11.9. The van der Waals surface area contributed by atoms with Crippen LogP contribution in [0.1, 0.15) is 5.56 Å². The third kappa shape index (κ3) is 2.41. The quantitative estimate of drug-likeness (QED) is 0.550. The van der Waals surface area contributed by atoms with Gasteiger partial charge in [0.1, 0.15) is 0 Å². The summed E-state index contributed by atoms with van der Waals surface area (Å²) in [7, 11) is 0. The number of rotatable bonds is 3. The SMILES string of the molecule is O=c1oc2cc(Cl)ccc2n1Cc1ccccc1[N+](=O)[O-]. The molecule has 0 aliphatic carbocycles. The Labute approximate surface area is 123 Å². The van der Waals surface area contributed by atoms with Crippen LogP contribution in [0.2, 0.25) is 5.02 Å². The van der Waals surface area contributed by atoms with Crippen LogP contribution in [0.25, 0.3) is 11.1 Å². The Morgan fingerprint density at radius 1 is 1.24 bits per heavy atom. The molecule has 2 aromatic carbocycles. The highest BCUT2D eigenvalue weighted by atomic mass is 35.5. The Morgan fingerprint density at radius 2 is 2.00 bits per heavy atom. The molecule has 6 nitrogen and oxygen atoms in total. The van der Waals surface area contributed by atoms with Crippen LogP contribution in [-0.2, 0) is 6.54 Å². The second kappa shape index (κ2) is 5.06. The Balaban J connectivity index is 2.13. The van der Waals surface area contributed by atoms with Crippen molar-refractivity contribution in [3.8, 4) is 0 Å². The normalized spacial score (nSPS) is 10.9. The van der Waals surface area contributed by atoms with Crippen molar-refractivity contribution < 1.29 is 9.34 Å². The van der Waals surface area contributed by atoms with Gasteiger partial charge in [-0.1, -0.05) is 29.8 Å². The zero-order valence-electron chi connectivity index (χ0n) is 10.7. The average Bonchev–Trinajstić information content (AvgIpc) is 2.74. The number of nitrogens with zero attached hydrogens (tertiary/aromatic N) is 2. The number of nitro benzene ring substituents is 1. The largest absolute Gasteiger partial charge is 0.420 e. The van der Waals surface area contributed by atoms with Gasteiger partial charge in [-0.2, -0.15) is 0 Å². The molecule has 3 aromatic rings. The zero-order valence-corrected chi connectivity index (χ0v) is 11.4. The Bertz CT molecular complexity index is 897. The molecule has 7 heteroatoms. The van der Waals surface area contributed by atoms with Gasteiger partial charge in [0.05, 0.1) is 17.0 Å². The fourth-order valence-corrected chi connectivity index (χ4v) is 2.35. The van der Waals surface area contributed by atoms with E-state index in [0.717, 1.165) is 0 Å². The first kappa shape index (κ1) is 13.4. The van der Waals surface area contributed by atoms with E-state index in [9.17, 15) is 14.9 Å². The number of halogens is 1. The van der Waals surface area contributed by atoms with Gasteiger partial charge in [0.25, 0.3) is 5.69 Å². The van der Waals surface area contributed by atoms with Gasteiger partial charge in [0.15, 0.2) is 5.58 Å². The summed E-state index contributed by atoms with van der Waals surface area (Å²) in [5.41, 5.74) is 1.29. The summed E-state index contributed by atoms with van der Waals surface area (Å²) in [6, 6.07) is 11.1. The second-order valence-corrected chi connectivity index (χ2v) is 4.89. The van der Waals surface area contributed by atoms with Crippen molar-refractivity contribution in [1.29, 1.82) is 0 Å². The number of benzene rings is 2.